The number of nitrogens with zero attached hydrogens (tertiary/aromatic N) is 2. The summed E-state index contributed by atoms with van der Waals surface area (Å²) in [4.78, 5) is 43.7. The van der Waals surface area contributed by atoms with E-state index in [2.05, 4.69) is 22.7 Å². The van der Waals surface area contributed by atoms with Crippen LogP contribution in [-0.4, -0.2) is 31.0 Å². The lowest BCUT2D eigenvalue weighted by atomic mass is 9.47. The largest absolute Gasteiger partial charge is 0.497 e. The predicted molar refractivity (Wildman–Crippen MR) is 172 cm³/mol. The van der Waals surface area contributed by atoms with Crippen molar-refractivity contribution in [2.24, 2.45) is 16.9 Å². The molecule has 5 aromatic rings. The van der Waals surface area contributed by atoms with E-state index in [1.165, 1.54) is 4.90 Å². The molecule has 1 heterocycles. The van der Waals surface area contributed by atoms with Crippen molar-refractivity contribution >= 4 is 40.4 Å². The summed E-state index contributed by atoms with van der Waals surface area (Å²) >= 11 is 0. The zero-order valence-electron chi connectivity index (χ0n) is 24.5. The van der Waals surface area contributed by atoms with Gasteiger partial charge in [-0.2, -0.15) is 5.10 Å². The van der Waals surface area contributed by atoms with Crippen molar-refractivity contribution in [2.45, 2.75) is 17.8 Å². The van der Waals surface area contributed by atoms with Crippen LogP contribution in [0.25, 0.3) is 10.8 Å². The molecule has 4 aliphatic rings. The van der Waals surface area contributed by atoms with Crippen molar-refractivity contribution in [3.05, 3.63) is 143 Å². The number of methoxy groups -OCH3 is 1. The number of imide groups is 1. The molecule has 2 bridgehead atoms. The Kier molecular flexibility index (Phi) is 6.17. The fourth-order valence-electron chi connectivity index (χ4n) is 7.86. The highest BCUT2D eigenvalue weighted by Gasteiger charge is 2.68. The Bertz CT molecular complexity index is 2000. The maximum atomic E-state index is 14.7. The first-order valence-corrected chi connectivity index (χ1v) is 15.0. The van der Waals surface area contributed by atoms with Crippen molar-refractivity contribution in [1.29, 1.82) is 0 Å². The van der Waals surface area contributed by atoms with Crippen molar-refractivity contribution in [1.82, 2.24) is 5.43 Å². The number of nitrogens with one attached hydrogen (secondary N) is 1. The van der Waals surface area contributed by atoms with Gasteiger partial charge in [0.15, 0.2) is 0 Å². The molecule has 1 aliphatic heterocycles. The van der Waals surface area contributed by atoms with Gasteiger partial charge in [-0.05, 0) is 51.4 Å². The Balaban J connectivity index is 1.24. The maximum Gasteiger partial charge on any atom is 0.244 e. The normalized spacial score (nSPS) is 22.8. The van der Waals surface area contributed by atoms with Crippen LogP contribution >= 0.6 is 0 Å². The predicted octanol–water partition coefficient (Wildman–Crippen LogP) is 5.74. The third-order valence-electron chi connectivity index (χ3n) is 9.67. The summed E-state index contributed by atoms with van der Waals surface area (Å²) in [6.45, 7) is 0. The molecule has 1 N–H and O–H groups in total. The quantitative estimate of drug-likeness (QED) is 0.155. The van der Waals surface area contributed by atoms with E-state index in [1.807, 2.05) is 103 Å². The van der Waals surface area contributed by atoms with E-state index >= 15 is 0 Å². The second-order valence-electron chi connectivity index (χ2n) is 11.9. The first-order chi connectivity index (χ1) is 22.0. The van der Waals surface area contributed by atoms with Gasteiger partial charge in [0, 0.05) is 17.5 Å². The van der Waals surface area contributed by atoms with Crippen LogP contribution in [0.15, 0.2) is 120 Å². The van der Waals surface area contributed by atoms with Gasteiger partial charge >= 0.3 is 0 Å². The first-order valence-electron chi connectivity index (χ1n) is 15.0. The fourth-order valence-corrected chi connectivity index (χ4v) is 7.86. The molecule has 1 saturated heterocycles. The summed E-state index contributed by atoms with van der Waals surface area (Å²) in [5.41, 5.74) is 6.94. The molecule has 2 atom stereocenters. The highest BCUT2D eigenvalue weighted by molar-refractivity contribution is 6.27. The second kappa shape index (κ2) is 10.3. The molecule has 7 heteroatoms. The number of benzene rings is 5. The van der Waals surface area contributed by atoms with Crippen LogP contribution in [0.2, 0.25) is 0 Å². The third kappa shape index (κ3) is 3.90. The Labute approximate surface area is 260 Å². The van der Waals surface area contributed by atoms with E-state index < -0.39 is 17.3 Å². The van der Waals surface area contributed by atoms with Gasteiger partial charge < -0.3 is 4.74 Å². The number of fused-ring (bicyclic) bond motifs is 1. The average molecular weight is 592 g/mol. The van der Waals surface area contributed by atoms with Gasteiger partial charge in [-0.1, -0.05) is 97.1 Å². The summed E-state index contributed by atoms with van der Waals surface area (Å²) in [5, 5.41) is 6.32. The van der Waals surface area contributed by atoms with Crippen molar-refractivity contribution in [3.63, 3.8) is 0 Å². The average Bonchev–Trinajstić information content (AvgIpc) is 3.35. The van der Waals surface area contributed by atoms with Crippen LogP contribution < -0.4 is 15.1 Å². The van der Waals surface area contributed by atoms with E-state index in [0.29, 0.717) is 11.4 Å². The third-order valence-corrected chi connectivity index (χ3v) is 9.67. The number of rotatable bonds is 6. The number of ether oxygens (including phenoxy) is 1. The zero-order valence-corrected chi connectivity index (χ0v) is 24.5. The smallest absolute Gasteiger partial charge is 0.244 e. The molecular formula is C38H29N3O4. The zero-order chi connectivity index (χ0) is 30.7. The van der Waals surface area contributed by atoms with Crippen molar-refractivity contribution in [3.8, 4) is 5.75 Å². The van der Waals surface area contributed by atoms with Crippen molar-refractivity contribution in [2.75, 3.05) is 12.0 Å². The molecule has 0 radical (unpaired) electrons. The standard InChI is InChI=1S/C38H29N3O4/c1-45-25-19-17-23(18-20-25)21-32(42)40-39-22-38-29-14-6-4-12-27(29)33(28-13-5-7-15-30(28)38)34-35(38)37(44)41(36(34)43)31-16-8-10-24-9-2-3-11-26(24)31/h2-20,22,33-35H,21H2,1H3,(H,40,42)/b39-22-/t33?,34-,35-,38?/m0/s1. The van der Waals surface area contributed by atoms with Crippen molar-refractivity contribution < 1.29 is 19.1 Å². The summed E-state index contributed by atoms with van der Waals surface area (Å²) in [6, 6.07) is 36.8. The topological polar surface area (TPSA) is 88.1 Å². The lowest BCUT2D eigenvalue weighted by Crippen LogP contribution is -2.54. The molecule has 220 valence electrons. The summed E-state index contributed by atoms with van der Waals surface area (Å²) in [7, 11) is 1.60. The molecule has 3 amide bonds. The van der Waals surface area contributed by atoms with Gasteiger partial charge in [0.1, 0.15) is 5.75 Å². The summed E-state index contributed by atoms with van der Waals surface area (Å²) < 4.78 is 5.22. The number of hydrazone groups is 1. The van der Waals surface area contributed by atoms with E-state index in [0.717, 1.165) is 38.6 Å². The van der Waals surface area contributed by atoms with Gasteiger partial charge in [-0.25, -0.2) is 10.3 Å². The number of carbonyl (C=O) groups excluding carboxylic acids is 3. The minimum atomic E-state index is -1.06. The number of hydrogen-bond acceptors (Lipinski definition) is 5. The van der Waals surface area contributed by atoms with Crippen LogP contribution in [-0.2, 0) is 26.2 Å². The summed E-state index contributed by atoms with van der Waals surface area (Å²) in [6.07, 6.45) is 1.82. The lowest BCUT2D eigenvalue weighted by Gasteiger charge is -2.52. The SMILES string of the molecule is COc1ccc(CC(=O)N/N=C\C23c4ccccc4C(c4ccccc42)[C@@H]2C(=O)N(c4cccc5ccccc45)C(=O)[C@H]23)cc1. The van der Waals surface area contributed by atoms with Crippen LogP contribution in [0.1, 0.15) is 33.7 Å². The van der Waals surface area contributed by atoms with Crippen LogP contribution in [0.4, 0.5) is 5.69 Å². The molecule has 3 aliphatic carbocycles. The van der Waals surface area contributed by atoms with Gasteiger partial charge in [0.05, 0.1) is 36.5 Å². The number of carbonyl (C=O) groups is 3. The molecule has 0 aromatic heterocycles. The minimum absolute atomic E-state index is 0.127. The molecule has 7 nitrogen and oxygen atoms in total. The van der Waals surface area contributed by atoms with E-state index in [1.54, 1.807) is 13.3 Å². The maximum absolute atomic E-state index is 14.7. The Morgan fingerprint density at radius 1 is 0.822 bits per heavy atom. The number of hydrogen-bond donors (Lipinski definition) is 1. The van der Waals surface area contributed by atoms with E-state index in [4.69, 9.17) is 4.74 Å². The first kappa shape index (κ1) is 27.0. The van der Waals surface area contributed by atoms with E-state index in [-0.39, 0.29) is 30.1 Å². The van der Waals surface area contributed by atoms with Gasteiger partial charge in [-0.3, -0.25) is 14.4 Å². The van der Waals surface area contributed by atoms with Gasteiger partial charge in [0.2, 0.25) is 17.7 Å². The Morgan fingerprint density at radius 3 is 2.18 bits per heavy atom. The highest BCUT2D eigenvalue weighted by atomic mass is 16.5. The van der Waals surface area contributed by atoms with Gasteiger partial charge in [0.25, 0.3) is 0 Å². The summed E-state index contributed by atoms with van der Waals surface area (Å²) in [5.74, 6) is -1.68. The second-order valence-corrected chi connectivity index (χ2v) is 11.9. The van der Waals surface area contributed by atoms with Gasteiger partial charge in [-0.15, -0.1) is 0 Å². The Morgan fingerprint density at radius 2 is 1.47 bits per heavy atom. The molecular weight excluding hydrogens is 562 g/mol. The minimum Gasteiger partial charge on any atom is -0.497 e. The van der Waals surface area contributed by atoms with E-state index in [9.17, 15) is 14.4 Å². The number of anilines is 1. The molecule has 9 rings (SSSR count). The van der Waals surface area contributed by atoms with Crippen LogP contribution in [0, 0.1) is 11.8 Å². The number of amides is 3. The molecule has 5 aromatic carbocycles. The fraction of sp³-hybridized carbons (Fsp3) is 0.158. The lowest BCUT2D eigenvalue weighted by molar-refractivity contribution is -0.123. The molecule has 0 saturated carbocycles. The molecule has 45 heavy (non-hydrogen) atoms. The molecule has 1 fully saturated rings. The Hall–Kier alpha value is -5.56. The molecule has 0 unspecified atom stereocenters. The highest BCUT2D eigenvalue weighted by Crippen LogP contribution is 2.63. The van der Waals surface area contributed by atoms with Crippen LogP contribution in [0.3, 0.4) is 0 Å². The monoisotopic (exact) mass is 591 g/mol. The molecule has 0 spiro atoms. The van der Waals surface area contributed by atoms with Crippen LogP contribution in [0.5, 0.6) is 5.75 Å².